The molecule has 1 heterocycles. The van der Waals surface area contributed by atoms with E-state index in [1.54, 1.807) is 12.1 Å². The number of hydrogen-bond donors (Lipinski definition) is 1. The molecular formula is C11H15BrN2O3. The van der Waals surface area contributed by atoms with Gasteiger partial charge in [-0.3, -0.25) is 9.59 Å². The molecule has 1 aromatic rings. The van der Waals surface area contributed by atoms with E-state index >= 15 is 0 Å². The van der Waals surface area contributed by atoms with Crippen molar-refractivity contribution in [3.8, 4) is 0 Å². The summed E-state index contributed by atoms with van der Waals surface area (Å²) in [7, 11) is 0. The predicted molar refractivity (Wildman–Crippen MR) is 66.3 cm³/mol. The van der Waals surface area contributed by atoms with Gasteiger partial charge < -0.3 is 15.1 Å². The number of halogens is 1. The van der Waals surface area contributed by atoms with E-state index < -0.39 is 5.91 Å². The zero-order chi connectivity index (χ0) is 13.0. The van der Waals surface area contributed by atoms with E-state index in [9.17, 15) is 9.59 Å². The van der Waals surface area contributed by atoms with Crippen molar-refractivity contribution in [1.29, 1.82) is 0 Å². The first-order valence-electron chi connectivity index (χ1n) is 5.23. The van der Waals surface area contributed by atoms with Crippen LogP contribution in [0.2, 0.25) is 0 Å². The van der Waals surface area contributed by atoms with Crippen LogP contribution in [0.1, 0.15) is 24.4 Å². The molecule has 6 heteroatoms. The van der Waals surface area contributed by atoms with Crippen molar-refractivity contribution in [3.05, 3.63) is 22.6 Å². The summed E-state index contributed by atoms with van der Waals surface area (Å²) in [6.45, 7) is 4.27. The predicted octanol–water partition coefficient (Wildman–Crippen LogP) is 1.63. The minimum Gasteiger partial charge on any atom is -0.444 e. The Labute approximate surface area is 108 Å². The molecular weight excluding hydrogens is 288 g/mol. The van der Waals surface area contributed by atoms with Crippen LogP contribution in [0.3, 0.4) is 0 Å². The molecule has 0 saturated carbocycles. The lowest BCUT2D eigenvalue weighted by molar-refractivity contribution is -0.118. The summed E-state index contributed by atoms with van der Waals surface area (Å²) in [4.78, 5) is 24.3. The molecule has 0 bridgehead atoms. The van der Waals surface area contributed by atoms with Crippen LogP contribution in [-0.2, 0) is 4.79 Å². The maximum absolute atomic E-state index is 12.0. The third-order valence-electron chi connectivity index (χ3n) is 2.00. The first-order valence-corrected chi connectivity index (χ1v) is 6.02. The number of amides is 2. The van der Waals surface area contributed by atoms with E-state index in [2.05, 4.69) is 15.9 Å². The van der Waals surface area contributed by atoms with Crippen LogP contribution in [0.5, 0.6) is 0 Å². The largest absolute Gasteiger partial charge is 0.444 e. The molecule has 0 spiro atoms. The molecule has 1 rings (SSSR count). The van der Waals surface area contributed by atoms with Crippen molar-refractivity contribution in [3.63, 3.8) is 0 Å². The molecule has 0 aliphatic carbocycles. The fraction of sp³-hybridized carbons (Fsp3) is 0.455. The van der Waals surface area contributed by atoms with Crippen LogP contribution in [-0.4, -0.2) is 29.8 Å². The molecule has 5 nitrogen and oxygen atoms in total. The van der Waals surface area contributed by atoms with Crippen LogP contribution >= 0.6 is 15.9 Å². The highest BCUT2D eigenvalue weighted by atomic mass is 79.9. The molecule has 0 aliphatic rings. The molecule has 1 aromatic heterocycles. The van der Waals surface area contributed by atoms with Gasteiger partial charge in [-0.1, -0.05) is 13.8 Å². The van der Waals surface area contributed by atoms with Crippen molar-refractivity contribution in [1.82, 2.24) is 4.90 Å². The minimum atomic E-state index is -0.537. The van der Waals surface area contributed by atoms with Gasteiger partial charge in [0.05, 0.1) is 6.54 Å². The van der Waals surface area contributed by atoms with Crippen molar-refractivity contribution in [2.75, 3.05) is 13.1 Å². The Hall–Kier alpha value is -1.30. The van der Waals surface area contributed by atoms with E-state index in [0.29, 0.717) is 11.2 Å². The van der Waals surface area contributed by atoms with Crippen molar-refractivity contribution in [2.24, 2.45) is 11.7 Å². The number of furan rings is 1. The summed E-state index contributed by atoms with van der Waals surface area (Å²) in [6.07, 6.45) is 0. The molecule has 0 aliphatic heterocycles. The van der Waals surface area contributed by atoms with Gasteiger partial charge in [-0.2, -0.15) is 0 Å². The molecule has 0 saturated heterocycles. The first-order chi connectivity index (χ1) is 7.90. The van der Waals surface area contributed by atoms with Crippen LogP contribution < -0.4 is 5.73 Å². The molecule has 0 unspecified atom stereocenters. The van der Waals surface area contributed by atoms with Crippen molar-refractivity contribution >= 4 is 27.7 Å². The third kappa shape index (κ3) is 4.22. The molecule has 0 aromatic carbocycles. The Kier molecular flexibility index (Phi) is 4.74. The molecule has 2 N–H and O–H groups in total. The molecule has 0 radical (unpaired) electrons. The first kappa shape index (κ1) is 13.8. The van der Waals surface area contributed by atoms with Crippen LogP contribution in [0.15, 0.2) is 21.2 Å². The number of nitrogens with two attached hydrogens (primary N) is 1. The van der Waals surface area contributed by atoms with E-state index in [0.717, 1.165) is 0 Å². The summed E-state index contributed by atoms with van der Waals surface area (Å²) in [5.74, 6) is -0.428. The van der Waals surface area contributed by atoms with Crippen molar-refractivity contribution in [2.45, 2.75) is 13.8 Å². The van der Waals surface area contributed by atoms with Gasteiger partial charge in [-0.05, 0) is 34.0 Å². The highest BCUT2D eigenvalue weighted by Gasteiger charge is 2.21. The number of carbonyl (C=O) groups is 2. The highest BCUT2D eigenvalue weighted by molar-refractivity contribution is 9.10. The number of primary amides is 1. The Balaban J connectivity index is 2.82. The zero-order valence-electron chi connectivity index (χ0n) is 9.77. The fourth-order valence-electron chi connectivity index (χ4n) is 1.43. The van der Waals surface area contributed by atoms with E-state index in [-0.39, 0.29) is 24.1 Å². The Morgan fingerprint density at radius 1 is 1.47 bits per heavy atom. The monoisotopic (exact) mass is 302 g/mol. The summed E-state index contributed by atoms with van der Waals surface area (Å²) in [6, 6.07) is 3.19. The van der Waals surface area contributed by atoms with Gasteiger partial charge >= 0.3 is 0 Å². The second kappa shape index (κ2) is 5.86. The zero-order valence-corrected chi connectivity index (χ0v) is 11.4. The van der Waals surface area contributed by atoms with Gasteiger partial charge in [-0.25, -0.2) is 0 Å². The van der Waals surface area contributed by atoms with E-state index in [1.807, 2.05) is 13.8 Å². The summed E-state index contributed by atoms with van der Waals surface area (Å²) in [5.41, 5.74) is 5.12. The van der Waals surface area contributed by atoms with Crippen LogP contribution in [0, 0.1) is 5.92 Å². The van der Waals surface area contributed by atoms with Gasteiger partial charge in [0.25, 0.3) is 5.91 Å². The van der Waals surface area contributed by atoms with Gasteiger partial charge in [-0.15, -0.1) is 0 Å². The number of carbonyl (C=O) groups excluding carboxylic acids is 2. The van der Waals surface area contributed by atoms with Gasteiger partial charge in [0, 0.05) is 6.54 Å². The molecule has 17 heavy (non-hydrogen) atoms. The molecule has 2 amide bonds. The fourth-order valence-corrected chi connectivity index (χ4v) is 1.74. The molecule has 94 valence electrons. The lowest BCUT2D eigenvalue weighted by atomic mass is 10.2. The minimum absolute atomic E-state index is 0.102. The van der Waals surface area contributed by atoms with E-state index in [1.165, 1.54) is 4.90 Å². The third-order valence-corrected chi connectivity index (χ3v) is 2.43. The quantitative estimate of drug-likeness (QED) is 0.898. The Morgan fingerprint density at radius 3 is 2.53 bits per heavy atom. The second-order valence-electron chi connectivity index (χ2n) is 4.15. The van der Waals surface area contributed by atoms with Gasteiger partial charge in [0.15, 0.2) is 10.4 Å². The van der Waals surface area contributed by atoms with Crippen molar-refractivity contribution < 1.29 is 14.0 Å². The second-order valence-corrected chi connectivity index (χ2v) is 4.93. The number of rotatable bonds is 5. The average Bonchev–Trinajstić information content (AvgIpc) is 2.61. The van der Waals surface area contributed by atoms with Crippen LogP contribution in [0.4, 0.5) is 0 Å². The summed E-state index contributed by atoms with van der Waals surface area (Å²) < 4.78 is 5.64. The van der Waals surface area contributed by atoms with E-state index in [4.69, 9.17) is 10.2 Å². The van der Waals surface area contributed by atoms with Crippen LogP contribution in [0.25, 0.3) is 0 Å². The lowest BCUT2D eigenvalue weighted by Gasteiger charge is -2.21. The van der Waals surface area contributed by atoms with Gasteiger partial charge in [0.1, 0.15) is 0 Å². The molecule has 0 atom stereocenters. The maximum Gasteiger partial charge on any atom is 0.290 e. The number of nitrogens with zero attached hydrogens (tertiary/aromatic N) is 1. The maximum atomic E-state index is 12.0. The Bertz CT molecular complexity index is 415. The molecule has 0 fully saturated rings. The smallest absolute Gasteiger partial charge is 0.290 e. The Morgan fingerprint density at radius 2 is 2.12 bits per heavy atom. The summed E-state index contributed by atoms with van der Waals surface area (Å²) >= 11 is 3.12. The highest BCUT2D eigenvalue weighted by Crippen LogP contribution is 2.16. The average molecular weight is 303 g/mol. The SMILES string of the molecule is CC(C)CN(CC(N)=O)C(=O)c1ccc(Br)o1. The van der Waals surface area contributed by atoms with Gasteiger partial charge in [0.2, 0.25) is 5.91 Å². The summed E-state index contributed by atoms with van der Waals surface area (Å²) in [5, 5.41) is 0. The number of hydrogen-bond acceptors (Lipinski definition) is 3. The lowest BCUT2D eigenvalue weighted by Crippen LogP contribution is -2.40. The standard InChI is InChI=1S/C11H15BrN2O3/c1-7(2)5-14(6-10(13)15)11(16)8-3-4-9(12)17-8/h3-4,7H,5-6H2,1-2H3,(H2,13,15). The normalized spacial score (nSPS) is 10.6. The topological polar surface area (TPSA) is 76.5 Å².